The van der Waals surface area contributed by atoms with Crippen LogP contribution >= 0.6 is 12.3 Å². The van der Waals surface area contributed by atoms with Crippen LogP contribution in [0.25, 0.3) is 11.0 Å². The lowest BCUT2D eigenvalue weighted by Gasteiger charge is -1.92. The van der Waals surface area contributed by atoms with E-state index in [9.17, 15) is 3.89 Å². The summed E-state index contributed by atoms with van der Waals surface area (Å²) in [5, 5.41) is 8.57. The molecule has 3 nitrogen and oxygen atoms in total. The lowest BCUT2D eigenvalue weighted by Crippen LogP contribution is -1.80. The van der Waals surface area contributed by atoms with E-state index in [0.717, 1.165) is 5.56 Å². The number of aromatic nitrogens is 2. The Balaban J connectivity index is 0.000000606. The van der Waals surface area contributed by atoms with E-state index in [1.807, 2.05) is 19.9 Å². The normalized spacial score (nSPS) is 9.38. The highest BCUT2D eigenvalue weighted by molar-refractivity contribution is 7.92. The minimum atomic E-state index is 0.112. The Bertz CT molecular complexity index is 501. The Morgan fingerprint density at radius 1 is 1.56 bits per heavy atom. The summed E-state index contributed by atoms with van der Waals surface area (Å²) in [5.74, 6) is 0. The van der Waals surface area contributed by atoms with Crippen LogP contribution in [0.2, 0.25) is 0 Å². The standard InChI is InChI=1S/C9H6FN3S.C2H6/c10-14-13-6-7(3-4-11)9-8(13)2-1-5-12-9;1-2/h1-2,5-6H,3H2;1-2H3. The maximum Gasteiger partial charge on any atom is 0.169 e. The van der Waals surface area contributed by atoms with Gasteiger partial charge >= 0.3 is 0 Å². The zero-order valence-corrected chi connectivity index (χ0v) is 9.96. The van der Waals surface area contributed by atoms with E-state index in [4.69, 9.17) is 5.26 Å². The average molecular weight is 237 g/mol. The molecule has 0 spiro atoms. The number of fused-ring (bicyclic) bond motifs is 1. The number of hydrogen-bond acceptors (Lipinski definition) is 3. The summed E-state index contributed by atoms with van der Waals surface area (Å²) in [7, 11) is 0. The van der Waals surface area contributed by atoms with E-state index in [-0.39, 0.29) is 18.8 Å². The molecule has 0 saturated heterocycles. The molecule has 0 fully saturated rings. The average Bonchev–Trinajstić information content (AvgIpc) is 2.71. The van der Waals surface area contributed by atoms with Gasteiger partial charge in [-0.05, 0) is 12.1 Å². The highest BCUT2D eigenvalue weighted by Gasteiger charge is 2.08. The van der Waals surface area contributed by atoms with Crippen molar-refractivity contribution in [2.24, 2.45) is 0 Å². The van der Waals surface area contributed by atoms with Gasteiger partial charge in [-0.2, -0.15) is 5.26 Å². The second-order valence-electron chi connectivity index (χ2n) is 2.76. The van der Waals surface area contributed by atoms with E-state index < -0.39 is 0 Å². The first-order chi connectivity index (χ1) is 7.86. The van der Waals surface area contributed by atoms with Crippen molar-refractivity contribution >= 4 is 23.4 Å². The Hall–Kier alpha value is -1.54. The fraction of sp³-hybridized carbons (Fsp3) is 0.273. The largest absolute Gasteiger partial charge is 0.262 e. The molecule has 0 aliphatic carbocycles. The van der Waals surface area contributed by atoms with Crippen molar-refractivity contribution < 1.29 is 3.89 Å². The summed E-state index contributed by atoms with van der Waals surface area (Å²) >= 11 is 0.112. The van der Waals surface area contributed by atoms with Crippen LogP contribution in [0.1, 0.15) is 19.4 Å². The van der Waals surface area contributed by atoms with Crippen LogP contribution in [-0.4, -0.2) is 8.96 Å². The summed E-state index contributed by atoms with van der Waals surface area (Å²) in [6.45, 7) is 4.00. The monoisotopic (exact) mass is 237 g/mol. The van der Waals surface area contributed by atoms with E-state index in [1.165, 1.54) is 3.97 Å². The van der Waals surface area contributed by atoms with E-state index >= 15 is 0 Å². The van der Waals surface area contributed by atoms with Gasteiger partial charge in [-0.3, -0.25) is 8.96 Å². The van der Waals surface area contributed by atoms with Gasteiger partial charge in [0.2, 0.25) is 0 Å². The van der Waals surface area contributed by atoms with Crippen LogP contribution in [0.15, 0.2) is 24.5 Å². The zero-order valence-electron chi connectivity index (χ0n) is 9.14. The third-order valence-electron chi connectivity index (χ3n) is 1.94. The molecule has 2 aromatic heterocycles. The topological polar surface area (TPSA) is 41.6 Å². The molecule has 0 aliphatic rings. The number of hydrogen-bond donors (Lipinski definition) is 0. The number of nitrogens with zero attached hydrogens (tertiary/aromatic N) is 3. The van der Waals surface area contributed by atoms with Crippen molar-refractivity contribution in [1.82, 2.24) is 8.96 Å². The molecule has 0 aliphatic heterocycles. The summed E-state index contributed by atoms with van der Waals surface area (Å²) in [5.41, 5.74) is 2.15. The first kappa shape index (κ1) is 12.5. The number of rotatable bonds is 2. The number of halogens is 1. The lowest BCUT2D eigenvalue weighted by molar-refractivity contribution is 0.920. The van der Waals surface area contributed by atoms with E-state index in [1.54, 1.807) is 24.5 Å². The highest BCUT2D eigenvalue weighted by Crippen LogP contribution is 2.23. The van der Waals surface area contributed by atoms with Gasteiger partial charge in [0.25, 0.3) is 0 Å². The smallest absolute Gasteiger partial charge is 0.169 e. The fourth-order valence-electron chi connectivity index (χ4n) is 1.37. The van der Waals surface area contributed by atoms with Crippen LogP contribution in [0.5, 0.6) is 0 Å². The van der Waals surface area contributed by atoms with Gasteiger partial charge in [0.1, 0.15) is 0 Å². The molecular weight excluding hydrogens is 225 g/mol. The minimum Gasteiger partial charge on any atom is -0.262 e. The molecule has 16 heavy (non-hydrogen) atoms. The van der Waals surface area contributed by atoms with Crippen molar-refractivity contribution in [2.75, 3.05) is 0 Å². The molecule has 5 heteroatoms. The van der Waals surface area contributed by atoms with Crippen molar-refractivity contribution in [3.05, 3.63) is 30.1 Å². The van der Waals surface area contributed by atoms with Crippen molar-refractivity contribution in [2.45, 2.75) is 20.3 Å². The highest BCUT2D eigenvalue weighted by atomic mass is 32.2. The van der Waals surface area contributed by atoms with Gasteiger partial charge in [-0.15, -0.1) is 3.89 Å². The molecule has 0 unspecified atom stereocenters. The van der Waals surface area contributed by atoms with Gasteiger partial charge in [0.15, 0.2) is 12.3 Å². The Morgan fingerprint density at radius 2 is 2.31 bits per heavy atom. The van der Waals surface area contributed by atoms with Gasteiger partial charge in [0.05, 0.1) is 23.5 Å². The van der Waals surface area contributed by atoms with Crippen LogP contribution in [0, 0.1) is 11.3 Å². The molecule has 0 bridgehead atoms. The second-order valence-corrected chi connectivity index (χ2v) is 3.29. The summed E-state index contributed by atoms with van der Waals surface area (Å²) < 4.78 is 13.8. The lowest BCUT2D eigenvalue weighted by atomic mass is 10.2. The molecule has 0 saturated carbocycles. The molecule has 0 atom stereocenters. The van der Waals surface area contributed by atoms with E-state index in [0.29, 0.717) is 11.0 Å². The Morgan fingerprint density at radius 3 is 2.94 bits per heavy atom. The molecule has 0 aromatic carbocycles. The van der Waals surface area contributed by atoms with Crippen LogP contribution < -0.4 is 0 Å². The third kappa shape index (κ3) is 2.34. The third-order valence-corrected chi connectivity index (χ3v) is 2.40. The molecule has 84 valence electrons. The molecule has 2 aromatic rings. The van der Waals surface area contributed by atoms with Crippen molar-refractivity contribution in [1.29, 1.82) is 5.26 Å². The first-order valence-electron chi connectivity index (χ1n) is 4.98. The van der Waals surface area contributed by atoms with Crippen LogP contribution in [-0.2, 0) is 6.42 Å². The molecular formula is C11H12FN3S. The SMILES string of the molecule is CC.N#CCc1cn(SF)c2cccnc12. The second kappa shape index (κ2) is 6.13. The van der Waals surface area contributed by atoms with Crippen molar-refractivity contribution in [3.63, 3.8) is 0 Å². The Kier molecular flexibility index (Phi) is 4.80. The van der Waals surface area contributed by atoms with E-state index in [2.05, 4.69) is 4.98 Å². The van der Waals surface area contributed by atoms with Gasteiger partial charge in [0, 0.05) is 18.0 Å². The fourth-order valence-corrected chi connectivity index (χ4v) is 1.75. The van der Waals surface area contributed by atoms with Gasteiger partial charge < -0.3 is 0 Å². The maximum atomic E-state index is 12.5. The molecule has 0 N–H and O–H groups in total. The maximum absolute atomic E-state index is 12.5. The minimum absolute atomic E-state index is 0.112. The van der Waals surface area contributed by atoms with Gasteiger partial charge in [-0.1, -0.05) is 13.8 Å². The zero-order chi connectivity index (χ0) is 12.0. The summed E-state index contributed by atoms with van der Waals surface area (Å²) in [4.78, 5) is 4.12. The predicted octanol–water partition coefficient (Wildman–Crippen LogP) is 3.51. The molecule has 2 rings (SSSR count). The van der Waals surface area contributed by atoms with Crippen molar-refractivity contribution in [3.8, 4) is 6.07 Å². The molecule has 0 radical (unpaired) electrons. The van der Waals surface area contributed by atoms with Crippen LogP contribution in [0.3, 0.4) is 0 Å². The summed E-state index contributed by atoms with van der Waals surface area (Å²) in [6, 6.07) is 5.54. The summed E-state index contributed by atoms with van der Waals surface area (Å²) in [6.07, 6.45) is 3.49. The quantitative estimate of drug-likeness (QED) is 0.802. The molecule has 2 heterocycles. The Labute approximate surface area is 98.3 Å². The predicted molar refractivity (Wildman–Crippen MR) is 64.5 cm³/mol. The first-order valence-corrected chi connectivity index (χ1v) is 5.65. The van der Waals surface area contributed by atoms with Crippen LogP contribution in [0.4, 0.5) is 3.89 Å². The van der Waals surface area contributed by atoms with Gasteiger partial charge in [-0.25, -0.2) is 0 Å². The number of nitriles is 1. The number of pyridine rings is 1. The molecule has 0 amide bonds.